The van der Waals surface area contributed by atoms with Crippen LogP contribution in [-0.4, -0.2) is 48.2 Å². The fourth-order valence-corrected chi connectivity index (χ4v) is 2.83. The van der Waals surface area contributed by atoms with Crippen molar-refractivity contribution in [2.24, 2.45) is 17.4 Å². The van der Waals surface area contributed by atoms with Gasteiger partial charge in [-0.15, -0.1) is 0 Å². The highest BCUT2D eigenvalue weighted by molar-refractivity contribution is 5.85. The van der Waals surface area contributed by atoms with Crippen molar-refractivity contribution >= 4 is 5.91 Å². The minimum atomic E-state index is -0.857. The molecule has 0 aromatic rings. The molecule has 4 N–H and O–H groups in total. The predicted molar refractivity (Wildman–Crippen MR) is 69.9 cm³/mol. The van der Waals surface area contributed by atoms with Crippen molar-refractivity contribution in [3.63, 3.8) is 0 Å². The monoisotopic (exact) mass is 255 g/mol. The summed E-state index contributed by atoms with van der Waals surface area (Å²) >= 11 is 0. The number of nitrogens with zero attached hydrogens (tertiary/aromatic N) is 1. The molecule has 1 saturated heterocycles. The van der Waals surface area contributed by atoms with Crippen molar-refractivity contribution in [2.45, 2.75) is 50.8 Å². The zero-order valence-electron chi connectivity index (χ0n) is 11.4. The van der Waals surface area contributed by atoms with E-state index in [2.05, 4.69) is 18.7 Å². The van der Waals surface area contributed by atoms with Gasteiger partial charge in [-0.05, 0) is 32.1 Å². The Bertz CT molecular complexity index is 319. The van der Waals surface area contributed by atoms with Gasteiger partial charge in [-0.3, -0.25) is 9.69 Å². The van der Waals surface area contributed by atoms with Gasteiger partial charge in [0, 0.05) is 19.1 Å². The number of carbonyl (C=O) groups excluding carboxylic acids is 1. The Labute approximate surface area is 109 Å². The molecule has 2 rings (SSSR count). The van der Waals surface area contributed by atoms with Gasteiger partial charge in [0.15, 0.2) is 0 Å². The maximum Gasteiger partial charge on any atom is 0.239 e. The number of ether oxygens (including phenoxy) is 1. The third kappa shape index (κ3) is 2.68. The van der Waals surface area contributed by atoms with Crippen LogP contribution in [0.2, 0.25) is 0 Å². The standard InChI is InChI=1S/C13H25N3O2/c1-3-11-7-18-9(2)6-16(11)8-13(15,12(14)17)10-4-5-10/h9-11H,3-8,15H2,1-2H3,(H2,14,17). The highest BCUT2D eigenvalue weighted by atomic mass is 16.5. The van der Waals surface area contributed by atoms with Gasteiger partial charge in [0.1, 0.15) is 5.54 Å². The van der Waals surface area contributed by atoms with E-state index in [1.807, 2.05) is 0 Å². The van der Waals surface area contributed by atoms with E-state index in [-0.39, 0.29) is 17.9 Å². The topological polar surface area (TPSA) is 81.6 Å². The number of rotatable bonds is 5. The van der Waals surface area contributed by atoms with Gasteiger partial charge in [0.25, 0.3) is 0 Å². The molecule has 0 bridgehead atoms. The molecular formula is C13H25N3O2. The molecular weight excluding hydrogens is 230 g/mol. The summed E-state index contributed by atoms with van der Waals surface area (Å²) in [6, 6.07) is 0.349. The van der Waals surface area contributed by atoms with Crippen LogP contribution in [-0.2, 0) is 9.53 Å². The molecule has 18 heavy (non-hydrogen) atoms. The largest absolute Gasteiger partial charge is 0.376 e. The molecule has 3 atom stereocenters. The number of amides is 1. The van der Waals surface area contributed by atoms with E-state index in [1.165, 1.54) is 0 Å². The van der Waals surface area contributed by atoms with E-state index < -0.39 is 5.54 Å². The molecule has 0 aromatic heterocycles. The van der Waals surface area contributed by atoms with Gasteiger partial charge < -0.3 is 16.2 Å². The number of nitrogens with two attached hydrogens (primary N) is 2. The van der Waals surface area contributed by atoms with E-state index >= 15 is 0 Å². The van der Waals surface area contributed by atoms with Crippen LogP contribution < -0.4 is 11.5 Å². The SMILES string of the molecule is CCC1COC(C)CN1CC(N)(C(N)=O)C1CC1. The Morgan fingerprint density at radius 2 is 2.17 bits per heavy atom. The lowest BCUT2D eigenvalue weighted by atomic mass is 9.91. The average Bonchev–Trinajstić information content (AvgIpc) is 3.13. The number of primary amides is 1. The van der Waals surface area contributed by atoms with E-state index in [9.17, 15) is 4.79 Å². The summed E-state index contributed by atoms with van der Waals surface area (Å²) in [5.41, 5.74) is 11.0. The molecule has 5 nitrogen and oxygen atoms in total. The molecule has 0 aromatic carbocycles. The molecule has 5 heteroatoms. The lowest BCUT2D eigenvalue weighted by molar-refractivity contribution is -0.127. The van der Waals surface area contributed by atoms with Crippen molar-refractivity contribution in [3.8, 4) is 0 Å². The third-order valence-electron chi connectivity index (χ3n) is 4.28. The first-order chi connectivity index (χ1) is 8.47. The van der Waals surface area contributed by atoms with Crippen LogP contribution in [0.3, 0.4) is 0 Å². The highest BCUT2D eigenvalue weighted by Crippen LogP contribution is 2.39. The molecule has 1 saturated carbocycles. The first-order valence-corrected chi connectivity index (χ1v) is 6.91. The molecule has 2 aliphatic rings. The van der Waals surface area contributed by atoms with Crippen LogP contribution in [0.4, 0.5) is 0 Å². The summed E-state index contributed by atoms with van der Waals surface area (Å²) in [4.78, 5) is 14.0. The van der Waals surface area contributed by atoms with Gasteiger partial charge in [-0.1, -0.05) is 6.92 Å². The summed E-state index contributed by atoms with van der Waals surface area (Å²) in [6.45, 7) is 6.31. The van der Waals surface area contributed by atoms with Gasteiger partial charge in [0.05, 0.1) is 12.7 Å². The second-order valence-electron chi connectivity index (χ2n) is 5.81. The first-order valence-electron chi connectivity index (χ1n) is 6.91. The normalized spacial score (nSPS) is 33.1. The van der Waals surface area contributed by atoms with Crippen molar-refractivity contribution in [1.82, 2.24) is 4.90 Å². The summed E-state index contributed by atoms with van der Waals surface area (Å²) < 4.78 is 5.66. The van der Waals surface area contributed by atoms with Gasteiger partial charge in [-0.2, -0.15) is 0 Å². The van der Waals surface area contributed by atoms with Crippen LogP contribution in [0.5, 0.6) is 0 Å². The number of carbonyl (C=O) groups is 1. The Morgan fingerprint density at radius 3 is 2.67 bits per heavy atom. The summed E-state index contributed by atoms with van der Waals surface area (Å²) in [7, 11) is 0. The summed E-state index contributed by atoms with van der Waals surface area (Å²) in [6.07, 6.45) is 3.25. The van der Waals surface area contributed by atoms with Crippen molar-refractivity contribution in [2.75, 3.05) is 19.7 Å². The quantitative estimate of drug-likeness (QED) is 0.729. The molecule has 1 aliphatic heterocycles. The predicted octanol–water partition coefficient (Wildman–Crippen LogP) is 0.0785. The minimum absolute atomic E-state index is 0.198. The molecule has 1 amide bonds. The van der Waals surface area contributed by atoms with Crippen LogP contribution >= 0.6 is 0 Å². The Balaban J connectivity index is 2.06. The van der Waals surface area contributed by atoms with Gasteiger partial charge in [-0.25, -0.2) is 0 Å². The Morgan fingerprint density at radius 1 is 1.50 bits per heavy atom. The van der Waals surface area contributed by atoms with Crippen LogP contribution in [0.25, 0.3) is 0 Å². The lowest BCUT2D eigenvalue weighted by Gasteiger charge is -2.42. The lowest BCUT2D eigenvalue weighted by Crippen LogP contribution is -2.64. The maximum absolute atomic E-state index is 11.7. The van der Waals surface area contributed by atoms with E-state index in [1.54, 1.807) is 0 Å². The highest BCUT2D eigenvalue weighted by Gasteiger charge is 2.48. The van der Waals surface area contributed by atoms with Crippen molar-refractivity contribution in [3.05, 3.63) is 0 Å². The van der Waals surface area contributed by atoms with Crippen molar-refractivity contribution in [1.29, 1.82) is 0 Å². The summed E-state index contributed by atoms with van der Waals surface area (Å²) in [5, 5.41) is 0. The second-order valence-corrected chi connectivity index (χ2v) is 5.81. The molecule has 1 heterocycles. The molecule has 0 spiro atoms. The van der Waals surface area contributed by atoms with E-state index in [0.717, 1.165) is 32.4 Å². The van der Waals surface area contributed by atoms with E-state index in [4.69, 9.17) is 16.2 Å². The fraction of sp³-hybridized carbons (Fsp3) is 0.923. The number of hydrogen-bond donors (Lipinski definition) is 2. The Hall–Kier alpha value is -0.650. The zero-order valence-corrected chi connectivity index (χ0v) is 11.4. The average molecular weight is 255 g/mol. The van der Waals surface area contributed by atoms with Crippen molar-refractivity contribution < 1.29 is 9.53 Å². The smallest absolute Gasteiger partial charge is 0.239 e. The molecule has 104 valence electrons. The zero-order chi connectivity index (χ0) is 13.3. The third-order valence-corrected chi connectivity index (χ3v) is 4.28. The number of morpholine rings is 1. The maximum atomic E-state index is 11.7. The molecule has 2 fully saturated rings. The van der Waals surface area contributed by atoms with Crippen LogP contribution in [0.15, 0.2) is 0 Å². The van der Waals surface area contributed by atoms with E-state index in [0.29, 0.717) is 12.6 Å². The summed E-state index contributed by atoms with van der Waals surface area (Å²) in [5.74, 6) is -0.0929. The number of hydrogen-bond acceptors (Lipinski definition) is 4. The van der Waals surface area contributed by atoms with Gasteiger partial charge in [0.2, 0.25) is 5.91 Å². The van der Waals surface area contributed by atoms with Crippen LogP contribution in [0, 0.1) is 5.92 Å². The van der Waals surface area contributed by atoms with Gasteiger partial charge >= 0.3 is 0 Å². The first kappa shape index (κ1) is 13.8. The Kier molecular flexibility index (Phi) is 3.94. The molecule has 3 unspecified atom stereocenters. The van der Waals surface area contributed by atoms with Crippen LogP contribution in [0.1, 0.15) is 33.1 Å². The molecule has 1 aliphatic carbocycles. The fourth-order valence-electron chi connectivity index (χ4n) is 2.83. The molecule has 0 radical (unpaired) electrons. The second kappa shape index (κ2) is 5.15. The minimum Gasteiger partial charge on any atom is -0.376 e.